The van der Waals surface area contributed by atoms with E-state index < -0.39 is 0 Å². The fraction of sp³-hybridized carbons (Fsp3) is 0.0500. The van der Waals surface area contributed by atoms with Crippen LogP contribution in [0.15, 0.2) is 66.9 Å². The molecule has 112 valence electrons. The minimum absolute atomic E-state index is 0.495. The van der Waals surface area contributed by atoms with E-state index in [-0.39, 0.29) is 0 Å². The summed E-state index contributed by atoms with van der Waals surface area (Å²) in [5.74, 6) is 3.17. The van der Waals surface area contributed by atoms with Crippen molar-refractivity contribution in [1.29, 1.82) is 0 Å². The van der Waals surface area contributed by atoms with Crippen LogP contribution in [0.2, 0.25) is 5.02 Å². The molecule has 3 heteroatoms. The van der Waals surface area contributed by atoms with Gasteiger partial charge in [0.2, 0.25) is 5.88 Å². The first kappa shape index (κ1) is 15.1. The standard InChI is InChI=1S/C20H14ClNO/c1-2-16-12-17(8-10-19(16)21)18-9-11-20(22-13-18)23-14-15-6-4-3-5-7-15/h1,3-13H,14H2. The lowest BCUT2D eigenvalue weighted by molar-refractivity contribution is 0.294. The van der Waals surface area contributed by atoms with Crippen molar-refractivity contribution < 1.29 is 4.74 Å². The topological polar surface area (TPSA) is 22.1 Å². The number of hydrogen-bond acceptors (Lipinski definition) is 2. The van der Waals surface area contributed by atoms with E-state index in [0.717, 1.165) is 16.7 Å². The Morgan fingerprint density at radius 2 is 1.78 bits per heavy atom. The molecular weight excluding hydrogens is 306 g/mol. The molecule has 0 radical (unpaired) electrons. The number of benzene rings is 2. The quantitative estimate of drug-likeness (QED) is 0.634. The van der Waals surface area contributed by atoms with Gasteiger partial charge in [0, 0.05) is 23.4 Å². The van der Waals surface area contributed by atoms with E-state index >= 15 is 0 Å². The molecule has 0 bridgehead atoms. The number of halogens is 1. The number of nitrogens with zero attached hydrogens (tertiary/aromatic N) is 1. The number of pyridine rings is 1. The van der Waals surface area contributed by atoms with Crippen LogP contribution < -0.4 is 4.74 Å². The zero-order valence-corrected chi connectivity index (χ0v) is 13.1. The molecule has 1 aromatic heterocycles. The van der Waals surface area contributed by atoms with Gasteiger partial charge >= 0.3 is 0 Å². The summed E-state index contributed by atoms with van der Waals surface area (Å²) in [6.07, 6.45) is 7.21. The summed E-state index contributed by atoms with van der Waals surface area (Å²) in [5, 5.41) is 0.576. The smallest absolute Gasteiger partial charge is 0.213 e. The van der Waals surface area contributed by atoms with E-state index in [9.17, 15) is 0 Å². The SMILES string of the molecule is C#Cc1cc(-c2ccc(OCc3ccccc3)nc2)ccc1Cl. The van der Waals surface area contributed by atoms with Crippen molar-refractivity contribution in [3.8, 4) is 29.4 Å². The molecule has 23 heavy (non-hydrogen) atoms. The molecule has 0 aliphatic heterocycles. The first-order valence-corrected chi connectivity index (χ1v) is 7.53. The van der Waals surface area contributed by atoms with Gasteiger partial charge in [0.05, 0.1) is 5.02 Å². The molecule has 0 fully saturated rings. The van der Waals surface area contributed by atoms with E-state index in [1.54, 1.807) is 12.3 Å². The molecule has 0 amide bonds. The Morgan fingerprint density at radius 1 is 1.00 bits per heavy atom. The Labute approximate surface area is 140 Å². The van der Waals surface area contributed by atoms with Crippen LogP contribution >= 0.6 is 11.6 Å². The summed E-state index contributed by atoms with van der Waals surface area (Å²) in [4.78, 5) is 4.34. The highest BCUT2D eigenvalue weighted by molar-refractivity contribution is 6.31. The predicted octanol–water partition coefficient (Wildman–Crippen LogP) is 4.96. The number of terminal acetylenes is 1. The van der Waals surface area contributed by atoms with Crippen molar-refractivity contribution in [3.63, 3.8) is 0 Å². The Kier molecular flexibility index (Phi) is 4.61. The van der Waals surface area contributed by atoms with Crippen LogP contribution in [0.1, 0.15) is 11.1 Å². The number of rotatable bonds is 4. The van der Waals surface area contributed by atoms with E-state index in [4.69, 9.17) is 22.8 Å². The van der Waals surface area contributed by atoms with Gasteiger partial charge < -0.3 is 4.74 Å². The molecule has 0 aliphatic carbocycles. The molecule has 0 saturated carbocycles. The van der Waals surface area contributed by atoms with E-state index in [0.29, 0.717) is 23.1 Å². The maximum Gasteiger partial charge on any atom is 0.213 e. The first-order chi connectivity index (χ1) is 11.3. The summed E-state index contributed by atoms with van der Waals surface area (Å²) >= 11 is 6.03. The Balaban J connectivity index is 1.73. The predicted molar refractivity (Wildman–Crippen MR) is 93.4 cm³/mol. The Bertz CT molecular complexity index is 836. The molecule has 0 atom stereocenters. The summed E-state index contributed by atoms with van der Waals surface area (Å²) in [6.45, 7) is 0.495. The Hall–Kier alpha value is -2.76. The third kappa shape index (κ3) is 3.71. The molecule has 2 aromatic carbocycles. The van der Waals surface area contributed by atoms with Crippen LogP contribution in [0.25, 0.3) is 11.1 Å². The molecule has 2 nitrogen and oxygen atoms in total. The molecule has 3 rings (SSSR count). The monoisotopic (exact) mass is 319 g/mol. The van der Waals surface area contributed by atoms with Gasteiger partial charge in [0.15, 0.2) is 0 Å². The fourth-order valence-corrected chi connectivity index (χ4v) is 2.36. The molecule has 0 N–H and O–H groups in total. The third-order valence-electron chi connectivity index (χ3n) is 3.42. The molecule has 0 aliphatic rings. The van der Waals surface area contributed by atoms with Crippen molar-refractivity contribution in [2.45, 2.75) is 6.61 Å². The van der Waals surface area contributed by atoms with Gasteiger partial charge in [0.1, 0.15) is 6.61 Å². The van der Waals surface area contributed by atoms with Gasteiger partial charge in [-0.2, -0.15) is 0 Å². The maximum absolute atomic E-state index is 6.03. The second-order valence-electron chi connectivity index (χ2n) is 5.00. The average molecular weight is 320 g/mol. The van der Waals surface area contributed by atoms with Crippen LogP contribution in [-0.4, -0.2) is 4.98 Å². The van der Waals surface area contributed by atoms with Crippen LogP contribution in [0, 0.1) is 12.3 Å². The van der Waals surface area contributed by atoms with E-state index in [1.165, 1.54) is 0 Å². The lowest BCUT2D eigenvalue weighted by Gasteiger charge is -2.07. The van der Waals surface area contributed by atoms with Crippen LogP contribution in [0.5, 0.6) is 5.88 Å². The molecule has 0 unspecified atom stereocenters. The fourth-order valence-electron chi connectivity index (χ4n) is 2.18. The molecule has 1 heterocycles. The van der Waals surface area contributed by atoms with Gasteiger partial charge in [0.25, 0.3) is 0 Å². The minimum Gasteiger partial charge on any atom is -0.473 e. The van der Waals surface area contributed by atoms with Gasteiger partial charge in [-0.1, -0.05) is 53.9 Å². The van der Waals surface area contributed by atoms with Crippen LogP contribution in [-0.2, 0) is 6.61 Å². The van der Waals surface area contributed by atoms with Crippen molar-refractivity contribution in [3.05, 3.63) is 83.0 Å². The molecule has 0 saturated heterocycles. The average Bonchev–Trinajstić information content (AvgIpc) is 2.62. The van der Waals surface area contributed by atoms with Crippen molar-refractivity contribution in [1.82, 2.24) is 4.98 Å². The highest BCUT2D eigenvalue weighted by Crippen LogP contribution is 2.25. The highest BCUT2D eigenvalue weighted by atomic mass is 35.5. The van der Waals surface area contributed by atoms with Crippen molar-refractivity contribution in [2.24, 2.45) is 0 Å². The summed E-state index contributed by atoms with van der Waals surface area (Å²) in [7, 11) is 0. The summed E-state index contributed by atoms with van der Waals surface area (Å²) in [5.41, 5.74) is 3.72. The lowest BCUT2D eigenvalue weighted by atomic mass is 10.1. The van der Waals surface area contributed by atoms with E-state index in [2.05, 4.69) is 10.9 Å². The first-order valence-electron chi connectivity index (χ1n) is 7.15. The molecular formula is C20H14ClNO. The van der Waals surface area contributed by atoms with Gasteiger partial charge in [-0.3, -0.25) is 0 Å². The lowest BCUT2D eigenvalue weighted by Crippen LogP contribution is -1.96. The summed E-state index contributed by atoms with van der Waals surface area (Å²) < 4.78 is 5.68. The number of aromatic nitrogens is 1. The van der Waals surface area contributed by atoms with Gasteiger partial charge in [-0.15, -0.1) is 6.42 Å². The van der Waals surface area contributed by atoms with Crippen LogP contribution in [0.4, 0.5) is 0 Å². The third-order valence-corrected chi connectivity index (χ3v) is 3.75. The minimum atomic E-state index is 0.495. The van der Waals surface area contributed by atoms with Crippen LogP contribution in [0.3, 0.4) is 0 Å². The highest BCUT2D eigenvalue weighted by Gasteiger charge is 2.04. The second kappa shape index (κ2) is 7.00. The van der Waals surface area contributed by atoms with Crippen molar-refractivity contribution >= 4 is 11.6 Å². The van der Waals surface area contributed by atoms with E-state index in [1.807, 2.05) is 54.6 Å². The van der Waals surface area contributed by atoms with Gasteiger partial charge in [-0.25, -0.2) is 4.98 Å². The zero-order valence-electron chi connectivity index (χ0n) is 12.4. The second-order valence-corrected chi connectivity index (χ2v) is 5.41. The zero-order chi connectivity index (χ0) is 16.1. The number of hydrogen-bond donors (Lipinski definition) is 0. The normalized spacial score (nSPS) is 10.1. The van der Waals surface area contributed by atoms with Gasteiger partial charge in [-0.05, 0) is 29.3 Å². The maximum atomic E-state index is 6.03. The largest absolute Gasteiger partial charge is 0.473 e. The molecule has 0 spiro atoms. The number of ether oxygens (including phenoxy) is 1. The Morgan fingerprint density at radius 3 is 2.48 bits per heavy atom. The van der Waals surface area contributed by atoms with Crippen molar-refractivity contribution in [2.75, 3.05) is 0 Å². The summed E-state index contributed by atoms with van der Waals surface area (Å²) in [6, 6.07) is 19.4. The molecule has 3 aromatic rings.